The number of piperazine rings is 1. The lowest BCUT2D eigenvalue weighted by Gasteiger charge is -2.35. The van der Waals surface area contributed by atoms with Gasteiger partial charge in [-0.15, -0.1) is 24.8 Å². The van der Waals surface area contributed by atoms with Crippen molar-refractivity contribution in [2.24, 2.45) is 0 Å². The summed E-state index contributed by atoms with van der Waals surface area (Å²) in [5.41, 5.74) is 0.215. The summed E-state index contributed by atoms with van der Waals surface area (Å²) in [6.07, 6.45) is -2.58. The Morgan fingerprint density at radius 3 is 2.05 bits per heavy atom. The van der Waals surface area contributed by atoms with E-state index in [2.05, 4.69) is 5.32 Å². The molecular weight excluding hydrogens is 387 g/mol. The average molecular weight is 403 g/mol. The van der Waals surface area contributed by atoms with Gasteiger partial charge in [-0.1, -0.05) is 34.8 Å². The molecule has 1 aromatic rings. The van der Waals surface area contributed by atoms with Gasteiger partial charge in [-0.3, -0.25) is 4.90 Å². The monoisotopic (exact) mass is 400 g/mol. The zero-order chi connectivity index (χ0) is 14.0. The molecule has 9 heteroatoms. The Kier molecular flexibility index (Phi) is 9.76. The van der Waals surface area contributed by atoms with E-state index in [1.807, 2.05) is 0 Å². The van der Waals surface area contributed by atoms with Gasteiger partial charge < -0.3 is 5.32 Å². The molecule has 0 aromatic heterocycles. The predicted molar refractivity (Wildman–Crippen MR) is 89.2 cm³/mol. The largest absolute Gasteiger partial charge is 0.314 e. The minimum absolute atomic E-state index is 0. The third-order valence-corrected chi connectivity index (χ3v) is 4.31. The van der Waals surface area contributed by atoms with E-state index in [1.54, 1.807) is 4.90 Å². The van der Waals surface area contributed by atoms with Crippen molar-refractivity contribution in [1.82, 2.24) is 10.2 Å². The molecule has 1 fully saturated rings. The zero-order valence-electron chi connectivity index (χ0n) is 10.8. The lowest BCUT2D eigenvalue weighted by Crippen LogP contribution is -2.47. The van der Waals surface area contributed by atoms with Gasteiger partial charge in [-0.2, -0.15) is 0 Å². The third-order valence-electron chi connectivity index (χ3n) is 3.16. The van der Waals surface area contributed by atoms with Crippen LogP contribution in [0, 0.1) is 0 Å². The Labute approximate surface area is 149 Å². The van der Waals surface area contributed by atoms with Gasteiger partial charge in [0, 0.05) is 36.8 Å². The van der Waals surface area contributed by atoms with Gasteiger partial charge in [0.05, 0.1) is 16.1 Å². The molecule has 2 nitrogen and oxygen atoms in total. The van der Waals surface area contributed by atoms with Crippen LogP contribution in [0.1, 0.15) is 11.6 Å². The topological polar surface area (TPSA) is 15.3 Å². The van der Waals surface area contributed by atoms with Crippen molar-refractivity contribution in [3.8, 4) is 0 Å². The van der Waals surface area contributed by atoms with Crippen LogP contribution in [0.15, 0.2) is 12.1 Å². The van der Waals surface area contributed by atoms with Gasteiger partial charge >= 0.3 is 0 Å². The molecule has 1 heterocycles. The van der Waals surface area contributed by atoms with Crippen LogP contribution in [0.2, 0.25) is 15.1 Å². The first-order valence-electron chi connectivity index (χ1n) is 5.88. The summed E-state index contributed by atoms with van der Waals surface area (Å²) in [4.78, 5) is 1.69. The van der Waals surface area contributed by atoms with Crippen LogP contribution in [0.4, 0.5) is 8.78 Å². The van der Waals surface area contributed by atoms with Gasteiger partial charge in [0.15, 0.2) is 0 Å². The zero-order valence-corrected chi connectivity index (χ0v) is 14.7. The second-order valence-electron chi connectivity index (χ2n) is 4.32. The maximum Gasteiger partial charge on any atom is 0.258 e. The number of hydrogen-bond acceptors (Lipinski definition) is 2. The van der Waals surface area contributed by atoms with Crippen molar-refractivity contribution >= 4 is 59.6 Å². The summed E-state index contributed by atoms with van der Waals surface area (Å²) in [6, 6.07) is 1.89. The molecule has 122 valence electrons. The van der Waals surface area contributed by atoms with Crippen LogP contribution in [0.5, 0.6) is 0 Å². The van der Waals surface area contributed by atoms with Gasteiger partial charge in [-0.05, 0) is 12.1 Å². The highest BCUT2D eigenvalue weighted by atomic mass is 35.5. The minimum Gasteiger partial charge on any atom is -0.314 e. The SMILES string of the molecule is Cl.Cl.FC(F)[C@H](c1c(Cl)ccc(Cl)c1Cl)N1CCNCC1. The number of hydrogen-bond donors (Lipinski definition) is 1. The summed E-state index contributed by atoms with van der Waals surface area (Å²) in [5, 5.41) is 3.69. The third kappa shape index (κ3) is 4.96. The molecule has 0 amide bonds. The molecule has 21 heavy (non-hydrogen) atoms. The second kappa shape index (κ2) is 9.56. The Balaban J connectivity index is 0.00000200. The molecular formula is C12H15Cl5F2N2. The first kappa shape index (κ1) is 21.4. The van der Waals surface area contributed by atoms with E-state index in [9.17, 15) is 8.78 Å². The van der Waals surface area contributed by atoms with Crippen LogP contribution in [0.3, 0.4) is 0 Å². The quantitative estimate of drug-likeness (QED) is 0.737. The first-order chi connectivity index (χ1) is 9.02. The van der Waals surface area contributed by atoms with Crippen molar-refractivity contribution in [3.63, 3.8) is 0 Å². The van der Waals surface area contributed by atoms with E-state index in [1.165, 1.54) is 12.1 Å². The molecule has 1 aliphatic rings. The molecule has 1 aromatic carbocycles. The van der Waals surface area contributed by atoms with Crippen molar-refractivity contribution in [2.75, 3.05) is 26.2 Å². The molecule has 0 spiro atoms. The summed E-state index contributed by atoms with van der Waals surface area (Å²) in [6.45, 7) is 2.38. The predicted octanol–water partition coefficient (Wildman–Crippen LogP) is 4.70. The summed E-state index contributed by atoms with van der Waals surface area (Å²) in [5.74, 6) is 0. The average Bonchev–Trinajstić information content (AvgIpc) is 2.39. The summed E-state index contributed by atoms with van der Waals surface area (Å²) < 4.78 is 26.9. The maximum absolute atomic E-state index is 13.4. The van der Waals surface area contributed by atoms with Gasteiger partial charge in [-0.25, -0.2) is 8.78 Å². The normalized spacial score (nSPS) is 17.0. The van der Waals surface area contributed by atoms with E-state index in [-0.39, 0.29) is 45.4 Å². The fraction of sp³-hybridized carbons (Fsp3) is 0.500. The minimum atomic E-state index is -2.58. The van der Waals surface area contributed by atoms with E-state index in [0.717, 1.165) is 0 Å². The highest BCUT2D eigenvalue weighted by Crippen LogP contribution is 2.40. The molecule has 1 aliphatic heterocycles. The van der Waals surface area contributed by atoms with E-state index in [4.69, 9.17) is 34.8 Å². The number of benzene rings is 1. The smallest absolute Gasteiger partial charge is 0.258 e. The van der Waals surface area contributed by atoms with Crippen molar-refractivity contribution in [1.29, 1.82) is 0 Å². The molecule has 0 saturated carbocycles. The number of alkyl halides is 2. The van der Waals surface area contributed by atoms with Crippen LogP contribution in [-0.2, 0) is 0 Å². The van der Waals surface area contributed by atoms with Gasteiger partial charge in [0.1, 0.15) is 0 Å². The fourth-order valence-corrected chi connectivity index (χ4v) is 3.00. The summed E-state index contributed by atoms with van der Waals surface area (Å²) >= 11 is 18.0. The van der Waals surface area contributed by atoms with Crippen LogP contribution in [-0.4, -0.2) is 37.5 Å². The summed E-state index contributed by atoms with van der Waals surface area (Å²) in [7, 11) is 0. The number of halogens is 7. The molecule has 1 saturated heterocycles. The molecule has 1 N–H and O–H groups in total. The van der Waals surface area contributed by atoms with Gasteiger partial charge in [0.25, 0.3) is 6.43 Å². The molecule has 0 unspecified atom stereocenters. The Bertz CT molecular complexity index is 456. The Hall–Kier alpha value is 0.450. The van der Waals surface area contributed by atoms with E-state index < -0.39 is 12.5 Å². The van der Waals surface area contributed by atoms with Crippen molar-refractivity contribution in [3.05, 3.63) is 32.8 Å². The molecule has 0 aliphatic carbocycles. The maximum atomic E-state index is 13.4. The molecule has 0 radical (unpaired) electrons. The van der Waals surface area contributed by atoms with Crippen LogP contribution < -0.4 is 5.32 Å². The Morgan fingerprint density at radius 1 is 1.00 bits per heavy atom. The molecule has 0 bridgehead atoms. The highest BCUT2D eigenvalue weighted by molar-refractivity contribution is 6.44. The fourth-order valence-electron chi connectivity index (χ4n) is 2.24. The number of nitrogens with one attached hydrogen (secondary N) is 1. The first-order valence-corrected chi connectivity index (χ1v) is 7.02. The second-order valence-corrected chi connectivity index (χ2v) is 5.51. The number of rotatable bonds is 3. The van der Waals surface area contributed by atoms with Crippen molar-refractivity contribution < 1.29 is 8.78 Å². The lowest BCUT2D eigenvalue weighted by atomic mass is 10.0. The number of nitrogens with zero attached hydrogens (tertiary/aromatic N) is 1. The van der Waals surface area contributed by atoms with E-state index in [0.29, 0.717) is 26.2 Å². The van der Waals surface area contributed by atoms with Crippen LogP contribution >= 0.6 is 59.6 Å². The lowest BCUT2D eigenvalue weighted by molar-refractivity contribution is 0.0183. The Morgan fingerprint density at radius 2 is 1.52 bits per heavy atom. The molecule has 1 atom stereocenters. The van der Waals surface area contributed by atoms with Gasteiger partial charge in [0.2, 0.25) is 0 Å². The standard InChI is InChI=1S/C12H13Cl3F2N2.2ClH/c13-7-1-2-8(14)10(15)9(7)11(12(16)17)19-5-3-18-4-6-19;;/h1-2,11-12,18H,3-6H2;2*1H/t11-;;/m0../s1. The van der Waals surface area contributed by atoms with Crippen LogP contribution in [0.25, 0.3) is 0 Å². The molecule has 2 rings (SSSR count). The highest BCUT2D eigenvalue weighted by Gasteiger charge is 2.33. The van der Waals surface area contributed by atoms with Crippen molar-refractivity contribution in [2.45, 2.75) is 12.5 Å². The van der Waals surface area contributed by atoms with E-state index >= 15 is 0 Å².